The molecule has 2 aliphatic heterocycles. The molecule has 2 unspecified atom stereocenters. The molecule has 0 aromatic rings. The van der Waals surface area contributed by atoms with Crippen LogP contribution in [0.5, 0.6) is 0 Å². The molecule has 2 atom stereocenters. The molecule has 2 fully saturated rings. The first-order chi connectivity index (χ1) is 6.77. The molecule has 0 aromatic heterocycles. The van der Waals surface area contributed by atoms with E-state index in [-0.39, 0.29) is 0 Å². The molecule has 0 amide bonds. The summed E-state index contributed by atoms with van der Waals surface area (Å²) < 4.78 is 5.47. The molecule has 0 radical (unpaired) electrons. The highest BCUT2D eigenvalue weighted by Gasteiger charge is 2.29. The van der Waals surface area contributed by atoms with Crippen molar-refractivity contribution < 1.29 is 4.74 Å². The number of nitrogens with zero attached hydrogens (tertiary/aromatic N) is 1. The molecule has 0 spiro atoms. The molecule has 0 aromatic carbocycles. The SMILES string of the molecule is CC1COCCC1N1CCC(N)CC1. The third-order valence-electron chi connectivity index (χ3n) is 3.64. The van der Waals surface area contributed by atoms with Crippen molar-refractivity contribution >= 4 is 0 Å². The zero-order valence-electron chi connectivity index (χ0n) is 9.11. The van der Waals surface area contributed by atoms with Crippen molar-refractivity contribution in [3.63, 3.8) is 0 Å². The van der Waals surface area contributed by atoms with E-state index in [0.29, 0.717) is 12.0 Å². The first-order valence-corrected chi connectivity index (χ1v) is 5.85. The lowest BCUT2D eigenvalue weighted by Crippen LogP contribution is -2.50. The lowest BCUT2D eigenvalue weighted by atomic mass is 9.93. The van der Waals surface area contributed by atoms with Crippen LogP contribution in [0.25, 0.3) is 0 Å². The maximum atomic E-state index is 5.91. The highest BCUT2D eigenvalue weighted by atomic mass is 16.5. The van der Waals surface area contributed by atoms with E-state index < -0.39 is 0 Å². The first-order valence-electron chi connectivity index (χ1n) is 5.85. The van der Waals surface area contributed by atoms with Gasteiger partial charge in [0.15, 0.2) is 0 Å². The average Bonchev–Trinajstić information content (AvgIpc) is 2.20. The molecule has 2 heterocycles. The molecule has 0 aliphatic carbocycles. The Labute approximate surface area is 86.6 Å². The van der Waals surface area contributed by atoms with Crippen LogP contribution in [0.3, 0.4) is 0 Å². The van der Waals surface area contributed by atoms with Gasteiger partial charge in [-0.05, 0) is 38.3 Å². The summed E-state index contributed by atoms with van der Waals surface area (Å²) in [6.45, 7) is 6.56. The Bertz CT molecular complexity index is 178. The maximum Gasteiger partial charge on any atom is 0.0506 e. The first kappa shape index (κ1) is 10.4. The third kappa shape index (κ3) is 2.27. The van der Waals surface area contributed by atoms with Crippen molar-refractivity contribution in [3.05, 3.63) is 0 Å². The molecule has 82 valence electrons. The number of piperidine rings is 1. The van der Waals surface area contributed by atoms with E-state index in [1.807, 2.05) is 0 Å². The Morgan fingerprint density at radius 3 is 2.57 bits per heavy atom. The molecule has 2 rings (SSSR count). The lowest BCUT2D eigenvalue weighted by molar-refractivity contribution is -0.0130. The second-order valence-corrected chi connectivity index (χ2v) is 4.78. The Morgan fingerprint density at radius 1 is 1.21 bits per heavy atom. The molecule has 2 aliphatic rings. The van der Waals surface area contributed by atoms with Crippen LogP contribution in [-0.4, -0.2) is 43.3 Å². The fourth-order valence-corrected chi connectivity index (χ4v) is 2.66. The molecule has 0 saturated carbocycles. The van der Waals surface area contributed by atoms with Crippen molar-refractivity contribution in [1.82, 2.24) is 4.90 Å². The number of likely N-dealkylation sites (tertiary alicyclic amines) is 1. The largest absolute Gasteiger partial charge is 0.381 e. The molecule has 2 N–H and O–H groups in total. The fraction of sp³-hybridized carbons (Fsp3) is 1.00. The predicted molar refractivity (Wildman–Crippen MR) is 57.2 cm³/mol. The van der Waals surface area contributed by atoms with Crippen LogP contribution in [0.4, 0.5) is 0 Å². The predicted octanol–water partition coefficient (Wildman–Crippen LogP) is 0.835. The summed E-state index contributed by atoms with van der Waals surface area (Å²) in [4.78, 5) is 2.62. The van der Waals surface area contributed by atoms with Gasteiger partial charge in [-0.25, -0.2) is 0 Å². The van der Waals surface area contributed by atoms with Crippen LogP contribution >= 0.6 is 0 Å². The summed E-state index contributed by atoms with van der Waals surface area (Å²) in [6, 6.07) is 1.19. The van der Waals surface area contributed by atoms with Gasteiger partial charge >= 0.3 is 0 Å². The van der Waals surface area contributed by atoms with Gasteiger partial charge < -0.3 is 10.5 Å². The Morgan fingerprint density at radius 2 is 1.93 bits per heavy atom. The average molecular weight is 198 g/mol. The normalized spacial score (nSPS) is 37.3. The lowest BCUT2D eigenvalue weighted by Gasteiger charge is -2.41. The molecule has 0 bridgehead atoms. The number of rotatable bonds is 1. The van der Waals surface area contributed by atoms with Crippen molar-refractivity contribution in [2.75, 3.05) is 26.3 Å². The summed E-state index contributed by atoms with van der Waals surface area (Å²) in [6.07, 6.45) is 3.55. The molecule has 3 heteroatoms. The number of nitrogens with two attached hydrogens (primary N) is 1. The van der Waals surface area contributed by atoms with Gasteiger partial charge in [0, 0.05) is 18.7 Å². The summed E-state index contributed by atoms with van der Waals surface area (Å²) in [5.41, 5.74) is 5.91. The van der Waals surface area contributed by atoms with Gasteiger partial charge in [0.25, 0.3) is 0 Å². The van der Waals surface area contributed by atoms with Crippen LogP contribution in [-0.2, 0) is 4.74 Å². The summed E-state index contributed by atoms with van der Waals surface area (Å²) >= 11 is 0. The van der Waals surface area contributed by atoms with Gasteiger partial charge in [0.2, 0.25) is 0 Å². The van der Waals surface area contributed by atoms with Crippen LogP contribution in [0, 0.1) is 5.92 Å². The van der Waals surface area contributed by atoms with Crippen molar-refractivity contribution in [3.8, 4) is 0 Å². The highest BCUT2D eigenvalue weighted by molar-refractivity contribution is 4.84. The zero-order chi connectivity index (χ0) is 9.97. The topological polar surface area (TPSA) is 38.5 Å². The van der Waals surface area contributed by atoms with Gasteiger partial charge in [-0.1, -0.05) is 6.92 Å². The summed E-state index contributed by atoms with van der Waals surface area (Å²) in [7, 11) is 0. The van der Waals surface area contributed by atoms with E-state index in [1.165, 1.54) is 32.4 Å². The van der Waals surface area contributed by atoms with Crippen LogP contribution < -0.4 is 5.73 Å². The second-order valence-electron chi connectivity index (χ2n) is 4.78. The minimum atomic E-state index is 0.446. The van der Waals surface area contributed by atoms with Gasteiger partial charge in [-0.15, -0.1) is 0 Å². The van der Waals surface area contributed by atoms with Crippen LogP contribution in [0.1, 0.15) is 26.2 Å². The summed E-state index contributed by atoms with van der Waals surface area (Å²) in [5, 5.41) is 0. The van der Waals surface area contributed by atoms with E-state index in [9.17, 15) is 0 Å². The Hall–Kier alpha value is -0.120. The fourth-order valence-electron chi connectivity index (χ4n) is 2.66. The smallest absolute Gasteiger partial charge is 0.0506 e. The number of hydrogen-bond acceptors (Lipinski definition) is 3. The van der Waals surface area contributed by atoms with Crippen LogP contribution in [0.15, 0.2) is 0 Å². The Balaban J connectivity index is 1.87. The molecular weight excluding hydrogens is 176 g/mol. The third-order valence-corrected chi connectivity index (χ3v) is 3.64. The highest BCUT2D eigenvalue weighted by Crippen LogP contribution is 2.23. The van der Waals surface area contributed by atoms with Crippen molar-refractivity contribution in [2.24, 2.45) is 11.7 Å². The van der Waals surface area contributed by atoms with E-state index in [1.54, 1.807) is 0 Å². The molecule has 14 heavy (non-hydrogen) atoms. The maximum absolute atomic E-state index is 5.91. The van der Waals surface area contributed by atoms with Crippen molar-refractivity contribution in [1.29, 1.82) is 0 Å². The van der Waals surface area contributed by atoms with Gasteiger partial charge in [-0.2, -0.15) is 0 Å². The number of hydrogen-bond donors (Lipinski definition) is 1. The standard InChI is InChI=1S/C11H22N2O/c1-9-8-14-7-4-11(9)13-5-2-10(12)3-6-13/h9-11H,2-8,12H2,1H3. The van der Waals surface area contributed by atoms with E-state index in [2.05, 4.69) is 11.8 Å². The van der Waals surface area contributed by atoms with E-state index in [4.69, 9.17) is 10.5 Å². The summed E-state index contributed by atoms with van der Waals surface area (Å²) in [5.74, 6) is 0.693. The molecular formula is C11H22N2O. The van der Waals surface area contributed by atoms with Crippen molar-refractivity contribution in [2.45, 2.75) is 38.3 Å². The van der Waals surface area contributed by atoms with E-state index in [0.717, 1.165) is 19.3 Å². The minimum Gasteiger partial charge on any atom is -0.381 e. The molecule has 2 saturated heterocycles. The van der Waals surface area contributed by atoms with Gasteiger partial charge in [-0.3, -0.25) is 4.90 Å². The van der Waals surface area contributed by atoms with Gasteiger partial charge in [0.1, 0.15) is 0 Å². The molecule has 3 nitrogen and oxygen atoms in total. The second kappa shape index (κ2) is 4.60. The minimum absolute atomic E-state index is 0.446. The quantitative estimate of drug-likeness (QED) is 0.678. The van der Waals surface area contributed by atoms with E-state index >= 15 is 0 Å². The Kier molecular flexibility index (Phi) is 3.42. The number of ether oxygens (including phenoxy) is 1. The zero-order valence-corrected chi connectivity index (χ0v) is 9.11. The monoisotopic (exact) mass is 198 g/mol. The van der Waals surface area contributed by atoms with Crippen LogP contribution in [0.2, 0.25) is 0 Å². The van der Waals surface area contributed by atoms with Gasteiger partial charge in [0.05, 0.1) is 6.61 Å².